The summed E-state index contributed by atoms with van der Waals surface area (Å²) in [6.07, 6.45) is 2.71. The molecule has 0 bridgehead atoms. The van der Waals surface area contributed by atoms with Crippen LogP contribution in [0.2, 0.25) is 0 Å². The zero-order chi connectivity index (χ0) is 17.6. The average Bonchev–Trinajstić information content (AvgIpc) is 2.88. The molecule has 0 radical (unpaired) electrons. The highest BCUT2D eigenvalue weighted by atomic mass is 127. The molecule has 1 aromatic rings. The fourth-order valence-corrected chi connectivity index (χ4v) is 5.02. The summed E-state index contributed by atoms with van der Waals surface area (Å²) in [4.78, 5) is 4.22. The molecule has 0 aliphatic carbocycles. The summed E-state index contributed by atoms with van der Waals surface area (Å²) in [6, 6.07) is 8.35. The monoisotopic (exact) mass is 543 g/mol. The van der Waals surface area contributed by atoms with Gasteiger partial charge in [-0.3, -0.25) is 4.99 Å². The fraction of sp³-hybridized carbons (Fsp3) is 0.588. The van der Waals surface area contributed by atoms with Crippen LogP contribution in [0.15, 0.2) is 33.7 Å². The third-order valence-electron chi connectivity index (χ3n) is 4.35. The van der Waals surface area contributed by atoms with Crippen molar-refractivity contribution in [3.63, 3.8) is 0 Å². The SMILES string of the molecule is CCC(CNC(=NC)NC1CCS(=O)(=O)C1)Cc1cccc(Br)c1.I. The summed E-state index contributed by atoms with van der Waals surface area (Å²) >= 11 is 3.51. The Morgan fingerprint density at radius 2 is 2.20 bits per heavy atom. The molecule has 0 amide bonds. The number of hydrogen-bond donors (Lipinski definition) is 2. The molecule has 0 saturated carbocycles. The van der Waals surface area contributed by atoms with E-state index >= 15 is 0 Å². The Kier molecular flexibility index (Phi) is 9.73. The molecule has 5 nitrogen and oxygen atoms in total. The summed E-state index contributed by atoms with van der Waals surface area (Å²) in [5.41, 5.74) is 1.31. The van der Waals surface area contributed by atoms with E-state index in [1.807, 2.05) is 6.07 Å². The third kappa shape index (κ3) is 7.82. The van der Waals surface area contributed by atoms with Gasteiger partial charge < -0.3 is 10.6 Å². The molecule has 0 spiro atoms. The molecule has 8 heteroatoms. The van der Waals surface area contributed by atoms with Crippen molar-refractivity contribution in [1.29, 1.82) is 0 Å². The van der Waals surface area contributed by atoms with E-state index < -0.39 is 9.84 Å². The first kappa shape index (κ1) is 22.7. The highest BCUT2D eigenvalue weighted by Crippen LogP contribution is 2.16. The smallest absolute Gasteiger partial charge is 0.191 e. The second kappa shape index (κ2) is 10.7. The molecule has 1 aliphatic heterocycles. The molecule has 2 N–H and O–H groups in total. The molecule has 1 aliphatic rings. The summed E-state index contributed by atoms with van der Waals surface area (Å²) < 4.78 is 24.2. The van der Waals surface area contributed by atoms with Crippen molar-refractivity contribution in [2.75, 3.05) is 25.1 Å². The summed E-state index contributed by atoms with van der Waals surface area (Å²) in [5, 5.41) is 6.57. The molecule has 142 valence electrons. The van der Waals surface area contributed by atoms with Gasteiger partial charge in [-0.1, -0.05) is 41.4 Å². The van der Waals surface area contributed by atoms with E-state index in [0.717, 1.165) is 23.9 Å². The molecule has 1 aromatic carbocycles. The van der Waals surface area contributed by atoms with Crippen LogP contribution in [0.1, 0.15) is 25.3 Å². The molecule has 2 unspecified atom stereocenters. The van der Waals surface area contributed by atoms with Gasteiger partial charge in [-0.2, -0.15) is 0 Å². The van der Waals surface area contributed by atoms with Crippen molar-refractivity contribution in [2.24, 2.45) is 10.9 Å². The van der Waals surface area contributed by atoms with Crippen LogP contribution in [0.5, 0.6) is 0 Å². The first-order valence-electron chi connectivity index (χ1n) is 8.34. The number of rotatable bonds is 6. The van der Waals surface area contributed by atoms with Crippen LogP contribution in [0.3, 0.4) is 0 Å². The molecule has 2 rings (SSSR count). The molecule has 0 aromatic heterocycles. The van der Waals surface area contributed by atoms with Crippen molar-refractivity contribution in [1.82, 2.24) is 10.6 Å². The number of halogens is 2. The van der Waals surface area contributed by atoms with Gasteiger partial charge in [-0.15, -0.1) is 24.0 Å². The van der Waals surface area contributed by atoms with Crippen LogP contribution in [-0.2, 0) is 16.3 Å². The van der Waals surface area contributed by atoms with Crippen molar-refractivity contribution < 1.29 is 8.42 Å². The van der Waals surface area contributed by atoms with E-state index in [2.05, 4.69) is 56.7 Å². The number of sulfone groups is 1. The number of hydrogen-bond acceptors (Lipinski definition) is 3. The number of nitrogens with one attached hydrogen (secondary N) is 2. The highest BCUT2D eigenvalue weighted by molar-refractivity contribution is 14.0. The van der Waals surface area contributed by atoms with Crippen molar-refractivity contribution in [2.45, 2.75) is 32.2 Å². The predicted octanol–water partition coefficient (Wildman–Crippen LogP) is 2.99. The van der Waals surface area contributed by atoms with E-state index in [9.17, 15) is 8.42 Å². The number of benzene rings is 1. The van der Waals surface area contributed by atoms with Crippen LogP contribution in [-0.4, -0.2) is 45.5 Å². The minimum absolute atomic E-state index is 0. The Hall–Kier alpha value is -0.350. The maximum atomic E-state index is 11.5. The summed E-state index contributed by atoms with van der Waals surface area (Å²) in [6.45, 7) is 2.99. The highest BCUT2D eigenvalue weighted by Gasteiger charge is 2.28. The minimum Gasteiger partial charge on any atom is -0.356 e. The van der Waals surface area contributed by atoms with Crippen LogP contribution >= 0.6 is 39.9 Å². The van der Waals surface area contributed by atoms with Crippen molar-refractivity contribution in [3.05, 3.63) is 34.3 Å². The lowest BCUT2D eigenvalue weighted by molar-refractivity contribution is 0.491. The topological polar surface area (TPSA) is 70.6 Å². The van der Waals surface area contributed by atoms with Gasteiger partial charge in [0, 0.05) is 24.1 Å². The van der Waals surface area contributed by atoms with E-state index in [1.54, 1.807) is 7.05 Å². The summed E-state index contributed by atoms with van der Waals surface area (Å²) in [5.74, 6) is 1.64. The summed E-state index contributed by atoms with van der Waals surface area (Å²) in [7, 11) is -1.16. The largest absolute Gasteiger partial charge is 0.356 e. The van der Waals surface area contributed by atoms with Crippen molar-refractivity contribution >= 4 is 55.7 Å². The second-order valence-electron chi connectivity index (χ2n) is 6.31. The van der Waals surface area contributed by atoms with Gasteiger partial charge in [0.15, 0.2) is 15.8 Å². The molecule has 1 fully saturated rings. The lowest BCUT2D eigenvalue weighted by Gasteiger charge is -2.20. The van der Waals surface area contributed by atoms with E-state index in [1.165, 1.54) is 5.56 Å². The Bertz CT molecular complexity index is 682. The second-order valence-corrected chi connectivity index (χ2v) is 9.45. The number of guanidine groups is 1. The standard InChI is InChI=1S/C17H26BrN3O2S.HI/c1-3-13(9-14-5-4-6-15(18)10-14)11-20-17(19-2)21-16-7-8-24(22,23)12-16;/h4-6,10,13,16H,3,7-9,11-12H2,1-2H3,(H2,19,20,21);1H. The average molecular weight is 544 g/mol. The van der Waals surface area contributed by atoms with Gasteiger partial charge in [0.25, 0.3) is 0 Å². The van der Waals surface area contributed by atoms with Crippen LogP contribution < -0.4 is 10.6 Å². The fourth-order valence-electron chi connectivity index (χ4n) is 2.90. The van der Waals surface area contributed by atoms with Gasteiger partial charge in [0.1, 0.15) is 0 Å². The molecule has 2 atom stereocenters. The third-order valence-corrected chi connectivity index (χ3v) is 6.61. The van der Waals surface area contributed by atoms with Crippen molar-refractivity contribution in [3.8, 4) is 0 Å². The Morgan fingerprint density at radius 3 is 2.76 bits per heavy atom. The van der Waals surface area contributed by atoms with Gasteiger partial charge in [0.2, 0.25) is 0 Å². The van der Waals surface area contributed by atoms with Crippen LogP contribution in [0.25, 0.3) is 0 Å². The zero-order valence-corrected chi connectivity index (χ0v) is 19.4. The molecular formula is C17H27BrIN3O2S. The maximum Gasteiger partial charge on any atom is 0.191 e. The normalized spacial score (nSPS) is 20.6. The molecule has 25 heavy (non-hydrogen) atoms. The first-order chi connectivity index (χ1) is 11.4. The first-order valence-corrected chi connectivity index (χ1v) is 11.0. The minimum atomic E-state index is -2.88. The Morgan fingerprint density at radius 1 is 1.44 bits per heavy atom. The lowest BCUT2D eigenvalue weighted by Crippen LogP contribution is -2.45. The Balaban J connectivity index is 0.00000312. The lowest BCUT2D eigenvalue weighted by atomic mass is 9.97. The van der Waals surface area contributed by atoms with E-state index in [4.69, 9.17) is 0 Å². The number of aliphatic imine (C=N–C) groups is 1. The van der Waals surface area contributed by atoms with Gasteiger partial charge in [-0.05, 0) is 36.5 Å². The molecule has 1 heterocycles. The van der Waals surface area contributed by atoms with Gasteiger partial charge in [-0.25, -0.2) is 8.42 Å². The molecule has 1 saturated heterocycles. The molecular weight excluding hydrogens is 517 g/mol. The van der Waals surface area contributed by atoms with Gasteiger partial charge in [0.05, 0.1) is 11.5 Å². The quantitative estimate of drug-likeness (QED) is 0.329. The van der Waals surface area contributed by atoms with E-state index in [-0.39, 0.29) is 41.5 Å². The van der Waals surface area contributed by atoms with Crippen LogP contribution in [0, 0.1) is 5.92 Å². The zero-order valence-electron chi connectivity index (χ0n) is 14.7. The maximum absolute atomic E-state index is 11.5. The van der Waals surface area contributed by atoms with Gasteiger partial charge >= 0.3 is 0 Å². The number of nitrogens with zero attached hydrogens (tertiary/aromatic N) is 1. The van der Waals surface area contributed by atoms with Crippen LogP contribution in [0.4, 0.5) is 0 Å². The Labute approximate surface area is 176 Å². The predicted molar refractivity (Wildman–Crippen MR) is 119 cm³/mol. The van der Waals surface area contributed by atoms with E-state index in [0.29, 0.717) is 18.3 Å².